The predicted octanol–water partition coefficient (Wildman–Crippen LogP) is 2.16. The van der Waals surface area contributed by atoms with Gasteiger partial charge in [-0.15, -0.1) is 0 Å². The summed E-state index contributed by atoms with van der Waals surface area (Å²) in [6.45, 7) is 3.91. The molecule has 0 aromatic carbocycles. The molecule has 0 saturated carbocycles. The van der Waals surface area contributed by atoms with Crippen LogP contribution in [0.3, 0.4) is 0 Å². The van der Waals surface area contributed by atoms with Crippen LogP contribution in [0.15, 0.2) is 12.4 Å². The second-order valence-electron chi connectivity index (χ2n) is 3.78. The standard InChI is InChI=1S/C11H14ClN5/c1-3-4-8-14-5-6-17(8)10-9(13)7(2)15-11(12)16-10/h5-6H,3-4,13H2,1-2H3. The molecule has 17 heavy (non-hydrogen) atoms. The van der Waals surface area contributed by atoms with Crippen LogP contribution < -0.4 is 5.73 Å². The normalized spacial score (nSPS) is 10.8. The number of aryl methyl sites for hydroxylation is 2. The minimum atomic E-state index is 0.197. The van der Waals surface area contributed by atoms with Crippen LogP contribution in [-0.2, 0) is 6.42 Å². The summed E-state index contributed by atoms with van der Waals surface area (Å²) in [4.78, 5) is 12.5. The third kappa shape index (κ3) is 2.24. The molecule has 0 aliphatic heterocycles. The first kappa shape index (κ1) is 11.9. The van der Waals surface area contributed by atoms with Crippen LogP contribution in [0, 0.1) is 6.92 Å². The molecule has 0 unspecified atom stereocenters. The van der Waals surface area contributed by atoms with E-state index in [0.29, 0.717) is 17.2 Å². The lowest BCUT2D eigenvalue weighted by molar-refractivity contribution is 0.796. The Hall–Kier alpha value is -1.62. The molecule has 0 radical (unpaired) electrons. The molecule has 6 heteroatoms. The Morgan fingerprint density at radius 2 is 2.18 bits per heavy atom. The molecule has 0 amide bonds. The van der Waals surface area contributed by atoms with Gasteiger partial charge in [-0.3, -0.25) is 4.57 Å². The van der Waals surface area contributed by atoms with E-state index in [1.54, 1.807) is 6.20 Å². The Kier molecular flexibility index (Phi) is 3.28. The molecule has 2 aromatic rings. The highest BCUT2D eigenvalue weighted by Gasteiger charge is 2.12. The van der Waals surface area contributed by atoms with Gasteiger partial charge in [0.15, 0.2) is 5.82 Å². The smallest absolute Gasteiger partial charge is 0.224 e. The second kappa shape index (κ2) is 4.71. The fourth-order valence-electron chi connectivity index (χ4n) is 1.65. The van der Waals surface area contributed by atoms with Gasteiger partial charge in [-0.05, 0) is 24.9 Å². The van der Waals surface area contributed by atoms with Gasteiger partial charge in [0.2, 0.25) is 5.28 Å². The van der Waals surface area contributed by atoms with Crippen molar-refractivity contribution in [2.75, 3.05) is 5.73 Å². The SMILES string of the molecule is CCCc1nccn1-c1nc(Cl)nc(C)c1N. The predicted molar refractivity (Wildman–Crippen MR) is 67.3 cm³/mol. The van der Waals surface area contributed by atoms with E-state index >= 15 is 0 Å². The van der Waals surface area contributed by atoms with Crippen molar-refractivity contribution in [2.45, 2.75) is 26.7 Å². The molecule has 0 fully saturated rings. The zero-order valence-electron chi connectivity index (χ0n) is 9.81. The van der Waals surface area contributed by atoms with Crippen LogP contribution in [0.4, 0.5) is 5.69 Å². The summed E-state index contributed by atoms with van der Waals surface area (Å²) in [5.41, 5.74) is 7.18. The largest absolute Gasteiger partial charge is 0.394 e. The van der Waals surface area contributed by atoms with Crippen molar-refractivity contribution in [3.63, 3.8) is 0 Å². The average Bonchev–Trinajstić information content (AvgIpc) is 2.72. The van der Waals surface area contributed by atoms with Crippen molar-refractivity contribution in [1.29, 1.82) is 0 Å². The maximum atomic E-state index is 5.98. The van der Waals surface area contributed by atoms with Crippen molar-refractivity contribution < 1.29 is 0 Å². The van der Waals surface area contributed by atoms with Gasteiger partial charge in [0.05, 0.1) is 11.4 Å². The molecule has 5 nitrogen and oxygen atoms in total. The van der Waals surface area contributed by atoms with Crippen molar-refractivity contribution in [2.24, 2.45) is 0 Å². The van der Waals surface area contributed by atoms with Gasteiger partial charge in [-0.1, -0.05) is 6.92 Å². The van der Waals surface area contributed by atoms with Crippen LogP contribution in [0.1, 0.15) is 24.9 Å². The van der Waals surface area contributed by atoms with Crippen molar-refractivity contribution in [1.82, 2.24) is 19.5 Å². The van der Waals surface area contributed by atoms with Gasteiger partial charge in [0.1, 0.15) is 5.82 Å². The highest BCUT2D eigenvalue weighted by Crippen LogP contribution is 2.21. The maximum absolute atomic E-state index is 5.98. The molecule has 90 valence electrons. The third-order valence-electron chi connectivity index (χ3n) is 2.51. The highest BCUT2D eigenvalue weighted by molar-refractivity contribution is 6.28. The molecule has 0 bridgehead atoms. The van der Waals surface area contributed by atoms with Gasteiger partial charge >= 0.3 is 0 Å². The lowest BCUT2D eigenvalue weighted by Crippen LogP contribution is -2.09. The Balaban J connectivity index is 2.56. The molecule has 0 saturated heterocycles. The zero-order chi connectivity index (χ0) is 12.4. The van der Waals surface area contributed by atoms with Crippen LogP contribution in [0.2, 0.25) is 5.28 Å². The van der Waals surface area contributed by atoms with E-state index in [2.05, 4.69) is 21.9 Å². The minimum absolute atomic E-state index is 0.197. The summed E-state index contributed by atoms with van der Waals surface area (Å²) in [5.74, 6) is 1.52. The first-order valence-electron chi connectivity index (χ1n) is 5.45. The first-order valence-corrected chi connectivity index (χ1v) is 5.83. The summed E-state index contributed by atoms with van der Waals surface area (Å²) in [6.07, 6.45) is 5.44. The summed E-state index contributed by atoms with van der Waals surface area (Å²) >= 11 is 5.86. The van der Waals surface area contributed by atoms with Gasteiger partial charge in [0, 0.05) is 18.8 Å². The minimum Gasteiger partial charge on any atom is -0.394 e. The number of nitrogens with two attached hydrogens (primary N) is 1. The molecular weight excluding hydrogens is 238 g/mol. The van der Waals surface area contributed by atoms with Crippen LogP contribution in [0.25, 0.3) is 5.82 Å². The van der Waals surface area contributed by atoms with Crippen molar-refractivity contribution >= 4 is 17.3 Å². The van der Waals surface area contributed by atoms with Crippen LogP contribution in [-0.4, -0.2) is 19.5 Å². The number of rotatable bonds is 3. The average molecular weight is 252 g/mol. The number of nitrogen functional groups attached to an aromatic ring is 1. The Morgan fingerprint density at radius 1 is 1.41 bits per heavy atom. The van der Waals surface area contributed by atoms with Crippen LogP contribution in [0.5, 0.6) is 0 Å². The summed E-state index contributed by atoms with van der Waals surface area (Å²) < 4.78 is 1.86. The number of hydrogen-bond donors (Lipinski definition) is 1. The number of halogens is 1. The molecule has 0 atom stereocenters. The first-order chi connectivity index (χ1) is 8.13. The molecule has 2 heterocycles. The number of nitrogens with zero attached hydrogens (tertiary/aromatic N) is 4. The van der Waals surface area contributed by atoms with Gasteiger partial charge in [-0.25, -0.2) is 9.97 Å². The fourth-order valence-corrected chi connectivity index (χ4v) is 1.86. The van der Waals surface area contributed by atoms with E-state index in [-0.39, 0.29) is 5.28 Å². The van der Waals surface area contributed by atoms with Crippen molar-refractivity contribution in [3.8, 4) is 5.82 Å². The Labute approximate surface area is 105 Å². The van der Waals surface area contributed by atoms with E-state index in [1.807, 2.05) is 17.7 Å². The van der Waals surface area contributed by atoms with E-state index in [1.165, 1.54) is 0 Å². The molecule has 2 rings (SSSR count). The number of aromatic nitrogens is 4. The van der Waals surface area contributed by atoms with Crippen LogP contribution >= 0.6 is 11.6 Å². The molecule has 0 aliphatic carbocycles. The summed E-state index contributed by atoms with van der Waals surface area (Å²) in [7, 11) is 0. The van der Waals surface area contributed by atoms with Crippen molar-refractivity contribution in [3.05, 3.63) is 29.2 Å². The summed E-state index contributed by atoms with van der Waals surface area (Å²) in [6, 6.07) is 0. The molecule has 2 aromatic heterocycles. The van der Waals surface area contributed by atoms with Gasteiger partial charge < -0.3 is 5.73 Å². The Morgan fingerprint density at radius 3 is 2.88 bits per heavy atom. The number of imidazole rings is 1. The van der Waals surface area contributed by atoms with E-state index in [0.717, 1.165) is 18.7 Å². The third-order valence-corrected chi connectivity index (χ3v) is 2.68. The molecular formula is C11H14ClN5. The zero-order valence-corrected chi connectivity index (χ0v) is 10.6. The quantitative estimate of drug-likeness (QED) is 0.849. The summed E-state index contributed by atoms with van der Waals surface area (Å²) in [5, 5.41) is 0.197. The maximum Gasteiger partial charge on any atom is 0.224 e. The van der Waals surface area contributed by atoms with E-state index < -0.39 is 0 Å². The molecule has 0 aliphatic rings. The van der Waals surface area contributed by atoms with E-state index in [9.17, 15) is 0 Å². The lowest BCUT2D eigenvalue weighted by Gasteiger charge is -2.10. The monoisotopic (exact) mass is 251 g/mol. The molecule has 2 N–H and O–H groups in total. The van der Waals surface area contributed by atoms with E-state index in [4.69, 9.17) is 17.3 Å². The lowest BCUT2D eigenvalue weighted by atomic mass is 10.3. The number of hydrogen-bond acceptors (Lipinski definition) is 4. The second-order valence-corrected chi connectivity index (χ2v) is 4.12. The number of anilines is 1. The van der Waals surface area contributed by atoms with Gasteiger partial charge in [0.25, 0.3) is 0 Å². The topological polar surface area (TPSA) is 69.6 Å². The fraction of sp³-hybridized carbons (Fsp3) is 0.364. The molecule has 0 spiro atoms. The highest BCUT2D eigenvalue weighted by atomic mass is 35.5. The Bertz CT molecular complexity index is 535. The van der Waals surface area contributed by atoms with Gasteiger partial charge in [-0.2, -0.15) is 4.98 Å².